The predicted octanol–water partition coefficient (Wildman–Crippen LogP) is 3.32. The highest BCUT2D eigenvalue weighted by Gasteiger charge is 2.03. The second-order valence-electron chi connectivity index (χ2n) is 4.96. The van der Waals surface area contributed by atoms with Crippen molar-refractivity contribution in [2.24, 2.45) is 5.73 Å². The molecular formula is C18H18N2O. The van der Waals surface area contributed by atoms with Crippen molar-refractivity contribution >= 4 is 10.9 Å². The third-order valence-corrected chi connectivity index (χ3v) is 3.47. The third-order valence-electron chi connectivity index (χ3n) is 3.47. The van der Waals surface area contributed by atoms with Crippen molar-refractivity contribution in [3.8, 4) is 5.75 Å². The molecule has 2 N–H and O–H groups in total. The summed E-state index contributed by atoms with van der Waals surface area (Å²) in [5.74, 6) is 0.877. The normalized spacial score (nSPS) is 10.7. The van der Waals surface area contributed by atoms with Crippen LogP contribution >= 0.6 is 0 Å². The first-order chi connectivity index (χ1) is 10.4. The lowest BCUT2D eigenvalue weighted by molar-refractivity contribution is 0.307. The molecule has 0 aliphatic carbocycles. The summed E-state index contributed by atoms with van der Waals surface area (Å²) in [6, 6.07) is 18.2. The standard InChI is InChI=1S/C18H18N2O/c19-10-8-14-4-3-5-16(12-14)21-13-15-9-11-20-18-7-2-1-6-17(15)18/h1-7,9,11-12H,8,10,13,19H2. The lowest BCUT2D eigenvalue weighted by Crippen LogP contribution is -2.03. The first-order valence-corrected chi connectivity index (χ1v) is 7.11. The van der Waals surface area contributed by atoms with E-state index in [4.69, 9.17) is 10.5 Å². The van der Waals surface area contributed by atoms with Crippen LogP contribution < -0.4 is 10.5 Å². The number of rotatable bonds is 5. The Balaban J connectivity index is 1.79. The smallest absolute Gasteiger partial charge is 0.120 e. The van der Waals surface area contributed by atoms with Crippen LogP contribution in [0.25, 0.3) is 10.9 Å². The third kappa shape index (κ3) is 3.20. The largest absolute Gasteiger partial charge is 0.489 e. The molecule has 0 saturated heterocycles. The van der Waals surface area contributed by atoms with Crippen LogP contribution in [0.2, 0.25) is 0 Å². The Morgan fingerprint density at radius 1 is 1.00 bits per heavy atom. The summed E-state index contributed by atoms with van der Waals surface area (Å²) < 4.78 is 5.92. The van der Waals surface area contributed by atoms with E-state index >= 15 is 0 Å². The van der Waals surface area contributed by atoms with Crippen LogP contribution in [0.5, 0.6) is 5.75 Å². The minimum atomic E-state index is 0.537. The molecule has 0 radical (unpaired) electrons. The van der Waals surface area contributed by atoms with E-state index in [1.165, 1.54) is 5.56 Å². The number of para-hydroxylation sites is 1. The molecule has 0 aliphatic rings. The van der Waals surface area contributed by atoms with Crippen LogP contribution in [0.3, 0.4) is 0 Å². The van der Waals surface area contributed by atoms with Crippen molar-refractivity contribution in [2.75, 3.05) is 6.54 Å². The summed E-state index contributed by atoms with van der Waals surface area (Å²) in [6.07, 6.45) is 2.70. The molecule has 0 amide bonds. The van der Waals surface area contributed by atoms with E-state index in [2.05, 4.69) is 23.2 Å². The van der Waals surface area contributed by atoms with Gasteiger partial charge < -0.3 is 10.5 Å². The van der Waals surface area contributed by atoms with Crippen LogP contribution in [0.15, 0.2) is 60.8 Å². The zero-order valence-corrected chi connectivity index (χ0v) is 11.8. The minimum absolute atomic E-state index is 0.537. The van der Waals surface area contributed by atoms with Gasteiger partial charge in [-0.2, -0.15) is 0 Å². The molecule has 0 bridgehead atoms. The monoisotopic (exact) mass is 278 g/mol. The van der Waals surface area contributed by atoms with E-state index in [0.717, 1.165) is 28.6 Å². The van der Waals surface area contributed by atoms with E-state index in [1.54, 1.807) is 0 Å². The van der Waals surface area contributed by atoms with Crippen LogP contribution in [0.1, 0.15) is 11.1 Å². The van der Waals surface area contributed by atoms with Crippen LogP contribution in [-0.2, 0) is 13.0 Å². The Kier molecular flexibility index (Phi) is 4.12. The summed E-state index contributed by atoms with van der Waals surface area (Å²) in [5, 5.41) is 1.14. The van der Waals surface area contributed by atoms with Crippen molar-refractivity contribution < 1.29 is 4.74 Å². The summed E-state index contributed by atoms with van der Waals surface area (Å²) in [4.78, 5) is 4.37. The minimum Gasteiger partial charge on any atom is -0.489 e. The Bertz CT molecular complexity index is 735. The number of aromatic nitrogens is 1. The first kappa shape index (κ1) is 13.6. The quantitative estimate of drug-likeness (QED) is 0.779. The van der Waals surface area contributed by atoms with Gasteiger partial charge in [-0.3, -0.25) is 4.98 Å². The second-order valence-corrected chi connectivity index (χ2v) is 4.96. The number of nitrogens with two attached hydrogens (primary N) is 1. The number of hydrogen-bond donors (Lipinski definition) is 1. The van der Waals surface area contributed by atoms with Gasteiger partial charge in [-0.05, 0) is 42.8 Å². The molecule has 0 atom stereocenters. The van der Waals surface area contributed by atoms with Gasteiger partial charge in [-0.1, -0.05) is 30.3 Å². The molecule has 106 valence electrons. The van der Waals surface area contributed by atoms with Gasteiger partial charge in [0.05, 0.1) is 5.52 Å². The molecular weight excluding hydrogens is 260 g/mol. The van der Waals surface area contributed by atoms with Gasteiger partial charge in [0.15, 0.2) is 0 Å². The maximum Gasteiger partial charge on any atom is 0.120 e. The van der Waals surface area contributed by atoms with Crippen LogP contribution in [0, 0.1) is 0 Å². The second kappa shape index (κ2) is 6.37. The summed E-state index contributed by atoms with van der Waals surface area (Å²) >= 11 is 0. The average Bonchev–Trinajstić information content (AvgIpc) is 2.53. The van der Waals surface area contributed by atoms with Crippen molar-refractivity contribution in [3.05, 3.63) is 71.9 Å². The highest BCUT2D eigenvalue weighted by molar-refractivity contribution is 5.81. The lowest BCUT2D eigenvalue weighted by Gasteiger charge is -2.09. The number of ether oxygens (including phenoxy) is 1. The molecule has 0 spiro atoms. The van der Waals surface area contributed by atoms with Crippen molar-refractivity contribution in [1.29, 1.82) is 0 Å². The van der Waals surface area contributed by atoms with Gasteiger partial charge in [0.25, 0.3) is 0 Å². The first-order valence-electron chi connectivity index (χ1n) is 7.11. The number of fused-ring (bicyclic) bond motifs is 1. The average molecular weight is 278 g/mol. The Morgan fingerprint density at radius 2 is 1.90 bits per heavy atom. The highest BCUT2D eigenvalue weighted by atomic mass is 16.5. The van der Waals surface area contributed by atoms with Gasteiger partial charge in [-0.25, -0.2) is 0 Å². The fraction of sp³-hybridized carbons (Fsp3) is 0.167. The van der Waals surface area contributed by atoms with E-state index in [1.807, 2.05) is 42.6 Å². The highest BCUT2D eigenvalue weighted by Crippen LogP contribution is 2.20. The van der Waals surface area contributed by atoms with Crippen molar-refractivity contribution in [2.45, 2.75) is 13.0 Å². The molecule has 1 heterocycles. The summed E-state index contributed by atoms with van der Waals surface area (Å²) in [6.45, 7) is 1.19. The molecule has 0 unspecified atom stereocenters. The predicted molar refractivity (Wildman–Crippen MR) is 85.3 cm³/mol. The Hall–Kier alpha value is -2.39. The SMILES string of the molecule is NCCc1cccc(OCc2ccnc3ccccc23)c1. The maximum absolute atomic E-state index is 5.92. The molecule has 0 fully saturated rings. The fourth-order valence-electron chi connectivity index (χ4n) is 2.40. The number of benzene rings is 2. The summed E-state index contributed by atoms with van der Waals surface area (Å²) in [5.41, 5.74) is 8.93. The molecule has 2 aromatic carbocycles. The van der Waals surface area contributed by atoms with Gasteiger partial charge in [0, 0.05) is 17.1 Å². The van der Waals surface area contributed by atoms with Crippen LogP contribution in [0.4, 0.5) is 0 Å². The number of nitrogens with zero attached hydrogens (tertiary/aromatic N) is 1. The lowest BCUT2D eigenvalue weighted by atomic mass is 10.1. The van der Waals surface area contributed by atoms with E-state index in [9.17, 15) is 0 Å². The van der Waals surface area contributed by atoms with Gasteiger partial charge in [0.1, 0.15) is 12.4 Å². The molecule has 0 saturated carbocycles. The van der Waals surface area contributed by atoms with Gasteiger partial charge >= 0.3 is 0 Å². The van der Waals surface area contributed by atoms with Gasteiger partial charge in [0.2, 0.25) is 0 Å². The molecule has 3 nitrogen and oxygen atoms in total. The van der Waals surface area contributed by atoms with E-state index in [-0.39, 0.29) is 0 Å². The Morgan fingerprint density at radius 3 is 2.81 bits per heavy atom. The fourth-order valence-corrected chi connectivity index (χ4v) is 2.40. The number of hydrogen-bond acceptors (Lipinski definition) is 3. The Labute approximate surface area is 124 Å². The molecule has 1 aromatic heterocycles. The van der Waals surface area contributed by atoms with E-state index < -0.39 is 0 Å². The van der Waals surface area contributed by atoms with Crippen LogP contribution in [-0.4, -0.2) is 11.5 Å². The molecule has 3 aromatic rings. The molecule has 3 rings (SSSR count). The topological polar surface area (TPSA) is 48.1 Å². The van der Waals surface area contributed by atoms with E-state index in [0.29, 0.717) is 13.2 Å². The van der Waals surface area contributed by atoms with Crippen molar-refractivity contribution in [3.63, 3.8) is 0 Å². The zero-order chi connectivity index (χ0) is 14.5. The molecule has 3 heteroatoms. The molecule has 0 aliphatic heterocycles. The summed E-state index contributed by atoms with van der Waals surface area (Å²) in [7, 11) is 0. The number of pyridine rings is 1. The van der Waals surface area contributed by atoms with Crippen molar-refractivity contribution in [1.82, 2.24) is 4.98 Å². The zero-order valence-electron chi connectivity index (χ0n) is 11.8. The van der Waals surface area contributed by atoms with Gasteiger partial charge in [-0.15, -0.1) is 0 Å². The molecule has 21 heavy (non-hydrogen) atoms. The maximum atomic E-state index is 5.92.